The Balaban J connectivity index is 1.52. The number of carbonyl (C=O) groups is 2. The van der Waals surface area contributed by atoms with E-state index in [-0.39, 0.29) is 18.2 Å². The molecule has 1 atom stereocenters. The van der Waals surface area contributed by atoms with Crippen LogP contribution in [0.5, 0.6) is 0 Å². The van der Waals surface area contributed by atoms with Crippen LogP contribution in [0.1, 0.15) is 44.6 Å². The summed E-state index contributed by atoms with van der Waals surface area (Å²) in [7, 11) is 0. The van der Waals surface area contributed by atoms with Crippen LogP contribution in [0.25, 0.3) is 0 Å². The Bertz CT molecular complexity index is 772. The third-order valence-corrected chi connectivity index (χ3v) is 5.88. The number of amides is 2. The van der Waals surface area contributed by atoms with Gasteiger partial charge >= 0.3 is 0 Å². The topological polar surface area (TPSA) is 81.0 Å². The number of rotatable bonds is 4. The number of nitrogens with zero attached hydrogens (tertiary/aromatic N) is 5. The second kappa shape index (κ2) is 6.95. The molecule has 1 aromatic heterocycles. The minimum atomic E-state index is -0.471. The Kier molecular flexibility index (Phi) is 4.52. The van der Waals surface area contributed by atoms with Gasteiger partial charge in [-0.05, 0) is 35.4 Å². The lowest BCUT2D eigenvalue weighted by atomic mass is 9.96. The second-order valence-electron chi connectivity index (χ2n) is 6.41. The Morgan fingerprint density at radius 1 is 1.04 bits per heavy atom. The smallest absolute Gasteiger partial charge is 0.247 e. The minimum absolute atomic E-state index is 0.176. The Labute approximate surface area is 149 Å². The highest BCUT2D eigenvalue weighted by Crippen LogP contribution is 2.35. The summed E-state index contributed by atoms with van der Waals surface area (Å²) in [6.07, 6.45) is 5.91. The van der Waals surface area contributed by atoms with Crippen molar-refractivity contribution in [3.05, 3.63) is 30.3 Å². The maximum atomic E-state index is 12.7. The summed E-state index contributed by atoms with van der Waals surface area (Å²) >= 11 is 1.30. The van der Waals surface area contributed by atoms with Gasteiger partial charge in [0.2, 0.25) is 17.0 Å². The Morgan fingerprint density at radius 3 is 2.56 bits per heavy atom. The zero-order chi connectivity index (χ0) is 17.2. The summed E-state index contributed by atoms with van der Waals surface area (Å²) in [5.41, 5.74) is 0.618. The number of hydrogen-bond donors (Lipinski definition) is 0. The molecule has 1 aliphatic heterocycles. The zero-order valence-electron chi connectivity index (χ0n) is 13.7. The van der Waals surface area contributed by atoms with Crippen LogP contribution < -0.4 is 4.90 Å². The molecule has 130 valence electrons. The van der Waals surface area contributed by atoms with E-state index in [2.05, 4.69) is 15.5 Å². The fourth-order valence-corrected chi connectivity index (χ4v) is 4.55. The molecule has 0 N–H and O–H groups in total. The third-order valence-electron chi connectivity index (χ3n) is 4.75. The molecular weight excluding hydrogens is 338 g/mol. The molecule has 2 aliphatic rings. The predicted octanol–water partition coefficient (Wildman–Crippen LogP) is 2.60. The van der Waals surface area contributed by atoms with Crippen LogP contribution in [-0.2, 0) is 9.59 Å². The average Bonchev–Trinajstić information content (AvgIpc) is 3.21. The van der Waals surface area contributed by atoms with Crippen molar-refractivity contribution in [3.63, 3.8) is 0 Å². The molecule has 2 heterocycles. The lowest BCUT2D eigenvalue weighted by molar-refractivity contribution is -0.121. The molecular formula is C17H19N5O2S. The molecule has 4 rings (SSSR count). The molecule has 2 fully saturated rings. The number of carbonyl (C=O) groups excluding carboxylic acids is 2. The van der Waals surface area contributed by atoms with E-state index < -0.39 is 5.25 Å². The lowest BCUT2D eigenvalue weighted by Crippen LogP contribution is -2.31. The number of benzene rings is 1. The van der Waals surface area contributed by atoms with E-state index in [0.29, 0.717) is 16.9 Å². The SMILES string of the molecule is O=C1C[C@@H](Sc2nnnn2C2CCCCC2)C(=O)N1c1ccccc1. The van der Waals surface area contributed by atoms with Gasteiger partial charge in [0.05, 0.1) is 11.7 Å². The van der Waals surface area contributed by atoms with E-state index in [4.69, 9.17) is 0 Å². The molecule has 2 amide bonds. The molecule has 0 unspecified atom stereocenters. The van der Waals surface area contributed by atoms with Crippen molar-refractivity contribution < 1.29 is 9.59 Å². The largest absolute Gasteiger partial charge is 0.274 e. The maximum absolute atomic E-state index is 12.7. The summed E-state index contributed by atoms with van der Waals surface area (Å²) in [5, 5.41) is 12.2. The van der Waals surface area contributed by atoms with Crippen molar-refractivity contribution in [2.75, 3.05) is 4.90 Å². The number of anilines is 1. The normalized spacial score (nSPS) is 21.9. The first kappa shape index (κ1) is 16.3. The molecule has 1 saturated heterocycles. The van der Waals surface area contributed by atoms with Crippen LogP contribution >= 0.6 is 11.8 Å². The quantitative estimate of drug-likeness (QED) is 0.783. The van der Waals surface area contributed by atoms with Crippen LogP contribution in [0.15, 0.2) is 35.5 Å². The van der Waals surface area contributed by atoms with Gasteiger partial charge in [-0.15, -0.1) is 5.10 Å². The van der Waals surface area contributed by atoms with Gasteiger partial charge in [0, 0.05) is 6.42 Å². The third kappa shape index (κ3) is 3.18. The summed E-state index contributed by atoms with van der Waals surface area (Å²) in [6.45, 7) is 0. The van der Waals surface area contributed by atoms with Gasteiger partial charge < -0.3 is 0 Å². The van der Waals surface area contributed by atoms with Gasteiger partial charge in [-0.1, -0.05) is 49.2 Å². The monoisotopic (exact) mass is 357 g/mol. The van der Waals surface area contributed by atoms with Crippen LogP contribution in [0.3, 0.4) is 0 Å². The van der Waals surface area contributed by atoms with Gasteiger partial charge in [0.1, 0.15) is 5.25 Å². The first-order valence-corrected chi connectivity index (χ1v) is 9.48. The number of imide groups is 1. The fraction of sp³-hybridized carbons (Fsp3) is 0.471. The lowest BCUT2D eigenvalue weighted by Gasteiger charge is -2.22. The molecule has 0 radical (unpaired) electrons. The molecule has 0 bridgehead atoms. The van der Waals surface area contributed by atoms with Crippen molar-refractivity contribution in [2.45, 2.75) is 55.0 Å². The van der Waals surface area contributed by atoms with E-state index in [9.17, 15) is 9.59 Å². The summed E-state index contributed by atoms with van der Waals surface area (Å²) in [6, 6.07) is 9.34. The maximum Gasteiger partial charge on any atom is 0.247 e. The predicted molar refractivity (Wildman–Crippen MR) is 93.1 cm³/mol. The number of tetrazole rings is 1. The van der Waals surface area contributed by atoms with Crippen LogP contribution in [0.2, 0.25) is 0 Å². The van der Waals surface area contributed by atoms with Crippen LogP contribution in [0, 0.1) is 0 Å². The van der Waals surface area contributed by atoms with E-state index >= 15 is 0 Å². The van der Waals surface area contributed by atoms with Crippen molar-refractivity contribution in [1.82, 2.24) is 20.2 Å². The Morgan fingerprint density at radius 2 is 1.80 bits per heavy atom. The number of para-hydroxylation sites is 1. The van der Waals surface area contributed by atoms with E-state index in [1.807, 2.05) is 22.9 Å². The van der Waals surface area contributed by atoms with Gasteiger partial charge in [0.25, 0.3) is 0 Å². The fourth-order valence-electron chi connectivity index (χ4n) is 3.49. The van der Waals surface area contributed by atoms with Crippen LogP contribution in [-0.4, -0.2) is 37.3 Å². The molecule has 0 spiro atoms. The van der Waals surface area contributed by atoms with Crippen molar-refractivity contribution >= 4 is 29.3 Å². The second-order valence-corrected chi connectivity index (χ2v) is 7.58. The minimum Gasteiger partial charge on any atom is -0.274 e. The highest BCUT2D eigenvalue weighted by atomic mass is 32.2. The van der Waals surface area contributed by atoms with Crippen LogP contribution in [0.4, 0.5) is 5.69 Å². The highest BCUT2D eigenvalue weighted by Gasteiger charge is 2.41. The summed E-state index contributed by atoms with van der Waals surface area (Å²) in [4.78, 5) is 26.4. The van der Waals surface area contributed by atoms with E-state index in [0.717, 1.165) is 12.8 Å². The molecule has 2 aromatic rings. The van der Waals surface area contributed by atoms with Gasteiger partial charge in [-0.2, -0.15) is 0 Å². The number of thioether (sulfide) groups is 1. The average molecular weight is 357 g/mol. The molecule has 8 heteroatoms. The summed E-state index contributed by atoms with van der Waals surface area (Å²) in [5.74, 6) is -0.371. The van der Waals surface area contributed by atoms with Gasteiger partial charge in [0.15, 0.2) is 0 Å². The molecule has 1 aliphatic carbocycles. The summed E-state index contributed by atoms with van der Waals surface area (Å²) < 4.78 is 1.84. The molecule has 1 saturated carbocycles. The van der Waals surface area contributed by atoms with E-state index in [1.54, 1.807) is 12.1 Å². The first-order valence-electron chi connectivity index (χ1n) is 8.60. The van der Waals surface area contributed by atoms with E-state index in [1.165, 1.54) is 35.9 Å². The Hall–Kier alpha value is -2.22. The molecule has 1 aromatic carbocycles. The van der Waals surface area contributed by atoms with Crippen molar-refractivity contribution in [3.8, 4) is 0 Å². The molecule has 7 nitrogen and oxygen atoms in total. The van der Waals surface area contributed by atoms with Crippen molar-refractivity contribution in [2.24, 2.45) is 0 Å². The standard InChI is InChI=1S/C17H19N5O2S/c23-15-11-14(16(24)21(15)12-7-3-1-4-8-12)25-17-18-19-20-22(17)13-9-5-2-6-10-13/h1,3-4,7-8,13-14H,2,5-6,9-11H2/t14-/m1/s1. The van der Waals surface area contributed by atoms with Crippen molar-refractivity contribution in [1.29, 1.82) is 0 Å². The molecule has 25 heavy (non-hydrogen) atoms. The first-order chi connectivity index (χ1) is 12.2. The number of aromatic nitrogens is 4. The van der Waals surface area contributed by atoms with Gasteiger partial charge in [-0.25, -0.2) is 9.58 Å². The highest BCUT2D eigenvalue weighted by molar-refractivity contribution is 8.00. The zero-order valence-corrected chi connectivity index (χ0v) is 14.6. The van der Waals surface area contributed by atoms with Gasteiger partial charge in [-0.3, -0.25) is 9.59 Å². The number of hydrogen-bond acceptors (Lipinski definition) is 6.